The molecule has 2 rings (SSSR count). The second-order valence-electron chi connectivity index (χ2n) is 3.58. The van der Waals surface area contributed by atoms with E-state index in [4.69, 9.17) is 16.3 Å². The van der Waals surface area contributed by atoms with Gasteiger partial charge in [-0.15, -0.1) is 0 Å². The Morgan fingerprint density at radius 1 is 1.67 bits per heavy atom. The smallest absolute Gasteiger partial charge is 0.147 e. The lowest BCUT2D eigenvalue weighted by Gasteiger charge is -2.34. The van der Waals surface area contributed by atoms with Crippen LogP contribution in [0.1, 0.15) is 6.92 Å². The van der Waals surface area contributed by atoms with Gasteiger partial charge in [-0.25, -0.2) is 4.98 Å². The van der Waals surface area contributed by atoms with Crippen LogP contribution in [0.4, 0.5) is 5.82 Å². The number of pyridine rings is 1. The van der Waals surface area contributed by atoms with Gasteiger partial charge < -0.3 is 9.64 Å². The predicted molar refractivity (Wildman–Crippen MR) is 64.6 cm³/mol. The van der Waals surface area contributed by atoms with Crippen LogP contribution in [-0.2, 0) is 4.74 Å². The van der Waals surface area contributed by atoms with Gasteiger partial charge in [-0.2, -0.15) is 0 Å². The molecule has 1 unspecified atom stereocenters. The van der Waals surface area contributed by atoms with Crippen LogP contribution in [0.25, 0.3) is 0 Å². The second kappa shape index (κ2) is 4.68. The van der Waals surface area contributed by atoms with Crippen molar-refractivity contribution in [3.8, 4) is 0 Å². The Hall–Kier alpha value is -0.320. The molecule has 0 N–H and O–H groups in total. The molecule has 82 valence electrons. The van der Waals surface area contributed by atoms with Gasteiger partial charge in [0.2, 0.25) is 0 Å². The minimum atomic E-state index is 0.324. The Bertz CT molecular complexity index is 361. The number of rotatable bonds is 1. The molecule has 1 saturated heterocycles. The minimum absolute atomic E-state index is 0.324. The zero-order valence-electron chi connectivity index (χ0n) is 8.41. The summed E-state index contributed by atoms with van der Waals surface area (Å²) in [7, 11) is 0. The van der Waals surface area contributed by atoms with Gasteiger partial charge in [-0.1, -0.05) is 11.6 Å². The fourth-order valence-corrected chi connectivity index (χ4v) is 2.40. The van der Waals surface area contributed by atoms with Crippen LogP contribution in [0, 0.1) is 0 Å². The predicted octanol–water partition coefficient (Wildman–Crippen LogP) is 2.72. The van der Waals surface area contributed by atoms with E-state index in [1.165, 1.54) is 0 Å². The summed E-state index contributed by atoms with van der Waals surface area (Å²) in [5.74, 6) is 0.843. The van der Waals surface area contributed by atoms with Crippen LogP contribution < -0.4 is 4.90 Å². The van der Waals surface area contributed by atoms with Crippen molar-refractivity contribution in [3.63, 3.8) is 0 Å². The van der Waals surface area contributed by atoms with Crippen LogP contribution in [0.15, 0.2) is 16.7 Å². The molecule has 0 aliphatic carbocycles. The maximum Gasteiger partial charge on any atom is 0.147 e. The second-order valence-corrected chi connectivity index (χ2v) is 4.90. The number of aromatic nitrogens is 1. The molecule has 2 heterocycles. The number of ether oxygens (including phenoxy) is 1. The van der Waals surface area contributed by atoms with Gasteiger partial charge >= 0.3 is 0 Å². The summed E-state index contributed by atoms with van der Waals surface area (Å²) in [4.78, 5) is 6.52. The van der Waals surface area contributed by atoms with Crippen molar-refractivity contribution in [1.29, 1.82) is 0 Å². The first-order chi connectivity index (χ1) is 7.18. The highest BCUT2D eigenvalue weighted by Gasteiger charge is 2.22. The van der Waals surface area contributed by atoms with Gasteiger partial charge in [0, 0.05) is 17.2 Å². The summed E-state index contributed by atoms with van der Waals surface area (Å²) >= 11 is 9.50. The first-order valence-electron chi connectivity index (χ1n) is 4.84. The van der Waals surface area contributed by atoms with E-state index in [-0.39, 0.29) is 0 Å². The molecule has 0 saturated carbocycles. The third kappa shape index (κ3) is 2.44. The van der Waals surface area contributed by atoms with Crippen LogP contribution in [0.5, 0.6) is 0 Å². The quantitative estimate of drug-likeness (QED) is 0.795. The molecule has 1 aromatic rings. The summed E-state index contributed by atoms with van der Waals surface area (Å²) in [5, 5.41) is 0.679. The molecule has 0 bridgehead atoms. The van der Waals surface area contributed by atoms with Gasteiger partial charge in [0.1, 0.15) is 5.82 Å². The average Bonchev–Trinajstić information content (AvgIpc) is 2.20. The molecule has 1 aliphatic heterocycles. The van der Waals surface area contributed by atoms with Crippen molar-refractivity contribution in [1.82, 2.24) is 4.98 Å². The largest absolute Gasteiger partial charge is 0.377 e. The fraction of sp³-hybridized carbons (Fsp3) is 0.500. The molecule has 1 aliphatic rings. The number of nitrogens with zero attached hydrogens (tertiary/aromatic N) is 2. The lowest BCUT2D eigenvalue weighted by Crippen LogP contribution is -2.44. The van der Waals surface area contributed by atoms with E-state index in [0.29, 0.717) is 11.1 Å². The highest BCUT2D eigenvalue weighted by molar-refractivity contribution is 9.10. The highest BCUT2D eigenvalue weighted by atomic mass is 79.9. The Morgan fingerprint density at radius 2 is 2.47 bits per heavy atom. The minimum Gasteiger partial charge on any atom is -0.377 e. The molecule has 1 aromatic heterocycles. The fourth-order valence-electron chi connectivity index (χ4n) is 1.66. The van der Waals surface area contributed by atoms with Crippen molar-refractivity contribution < 1.29 is 4.74 Å². The van der Waals surface area contributed by atoms with Crippen molar-refractivity contribution in [3.05, 3.63) is 21.8 Å². The zero-order chi connectivity index (χ0) is 10.8. The zero-order valence-corrected chi connectivity index (χ0v) is 10.8. The normalized spacial score (nSPS) is 21.8. The van der Waals surface area contributed by atoms with E-state index in [9.17, 15) is 0 Å². The topological polar surface area (TPSA) is 25.4 Å². The Morgan fingerprint density at radius 3 is 3.13 bits per heavy atom. The van der Waals surface area contributed by atoms with Gasteiger partial charge in [0.05, 0.1) is 24.3 Å². The summed E-state index contributed by atoms with van der Waals surface area (Å²) in [5.41, 5.74) is 0. The SMILES string of the molecule is CC1COCCN1c1ncc(Br)cc1Cl. The van der Waals surface area contributed by atoms with Gasteiger partial charge in [-0.05, 0) is 28.9 Å². The monoisotopic (exact) mass is 290 g/mol. The van der Waals surface area contributed by atoms with Crippen molar-refractivity contribution in [2.45, 2.75) is 13.0 Å². The van der Waals surface area contributed by atoms with Crippen LogP contribution in [0.2, 0.25) is 5.02 Å². The van der Waals surface area contributed by atoms with E-state index >= 15 is 0 Å². The summed E-state index contributed by atoms with van der Waals surface area (Å²) in [6, 6.07) is 2.19. The van der Waals surface area contributed by atoms with E-state index < -0.39 is 0 Å². The van der Waals surface area contributed by atoms with Crippen molar-refractivity contribution in [2.24, 2.45) is 0 Å². The molecule has 1 atom stereocenters. The van der Waals surface area contributed by atoms with E-state index in [1.54, 1.807) is 6.20 Å². The lowest BCUT2D eigenvalue weighted by atomic mass is 10.2. The highest BCUT2D eigenvalue weighted by Crippen LogP contribution is 2.28. The molecule has 1 fully saturated rings. The summed E-state index contributed by atoms with van der Waals surface area (Å²) in [6.07, 6.45) is 1.77. The lowest BCUT2D eigenvalue weighted by molar-refractivity contribution is 0.0985. The Kier molecular flexibility index (Phi) is 3.49. The van der Waals surface area contributed by atoms with Gasteiger partial charge in [0.25, 0.3) is 0 Å². The first-order valence-corrected chi connectivity index (χ1v) is 6.01. The molecule has 0 radical (unpaired) electrons. The molecular weight excluding hydrogens is 279 g/mol. The third-order valence-electron chi connectivity index (χ3n) is 2.43. The van der Waals surface area contributed by atoms with E-state index in [0.717, 1.165) is 30.0 Å². The van der Waals surface area contributed by atoms with Gasteiger partial charge in [0.15, 0.2) is 0 Å². The molecule has 0 spiro atoms. The average molecular weight is 292 g/mol. The number of morpholine rings is 1. The molecule has 15 heavy (non-hydrogen) atoms. The van der Waals surface area contributed by atoms with Gasteiger partial charge in [-0.3, -0.25) is 0 Å². The number of hydrogen-bond acceptors (Lipinski definition) is 3. The summed E-state index contributed by atoms with van der Waals surface area (Å²) in [6.45, 7) is 4.42. The van der Waals surface area contributed by atoms with Crippen LogP contribution >= 0.6 is 27.5 Å². The van der Waals surface area contributed by atoms with E-state index in [1.807, 2.05) is 6.07 Å². The Balaban J connectivity index is 2.27. The van der Waals surface area contributed by atoms with E-state index in [2.05, 4.69) is 32.7 Å². The van der Waals surface area contributed by atoms with Crippen molar-refractivity contribution >= 4 is 33.3 Å². The third-order valence-corrected chi connectivity index (χ3v) is 3.14. The summed E-state index contributed by atoms with van der Waals surface area (Å²) < 4.78 is 6.28. The number of hydrogen-bond donors (Lipinski definition) is 0. The molecule has 0 aromatic carbocycles. The van der Waals surface area contributed by atoms with Crippen LogP contribution in [-0.4, -0.2) is 30.8 Å². The van der Waals surface area contributed by atoms with Crippen molar-refractivity contribution in [2.75, 3.05) is 24.7 Å². The maximum atomic E-state index is 6.15. The molecule has 0 amide bonds. The van der Waals surface area contributed by atoms with Crippen LogP contribution in [0.3, 0.4) is 0 Å². The maximum absolute atomic E-state index is 6.15. The Labute approximate surface area is 103 Å². The first kappa shape index (κ1) is 11.2. The molecular formula is C10H12BrClN2O. The standard InChI is InChI=1S/C10H12BrClN2O/c1-7-6-15-3-2-14(7)10-9(12)4-8(11)5-13-10/h4-5,7H,2-3,6H2,1H3. The molecule has 3 nitrogen and oxygen atoms in total. The molecule has 5 heteroatoms. The number of halogens is 2. The number of anilines is 1.